The number of nitrogens with one attached hydrogen (secondary N) is 2. The van der Waals surface area contributed by atoms with Crippen molar-refractivity contribution in [3.05, 3.63) is 72.6 Å². The zero-order valence-corrected chi connectivity index (χ0v) is 18.2. The van der Waals surface area contributed by atoms with Crippen LogP contribution in [-0.4, -0.2) is 39.6 Å². The van der Waals surface area contributed by atoms with Gasteiger partial charge in [0, 0.05) is 17.2 Å². The number of esters is 1. The smallest absolute Gasteiger partial charge is 0.321 e. The van der Waals surface area contributed by atoms with E-state index >= 15 is 0 Å². The zero-order valence-electron chi connectivity index (χ0n) is 16.7. The first-order valence-electron chi connectivity index (χ1n) is 8.96. The molecule has 0 saturated heterocycles. The third kappa shape index (κ3) is 4.91. The number of nitro benzene ring substituents is 1. The lowest BCUT2D eigenvalue weighted by Crippen LogP contribution is -2.38. The number of nitrogens with two attached hydrogens (primary N) is 1. The number of aromatic amines is 1. The van der Waals surface area contributed by atoms with Gasteiger partial charge in [-0.05, 0) is 24.3 Å². The molecule has 1 aromatic heterocycles. The number of nitrogens with zero attached hydrogens (tertiary/aromatic N) is 3. The topological polar surface area (TPSA) is 183 Å². The van der Waals surface area contributed by atoms with Crippen LogP contribution in [0.15, 0.2) is 46.3 Å². The summed E-state index contributed by atoms with van der Waals surface area (Å²) in [5, 5.41) is 17.2. The molecule has 0 aliphatic heterocycles. The molecule has 1 atom stereocenters. The molecular weight excluding hydrogens is 479 g/mol. The number of amides is 1. The minimum Gasteiger partial charge on any atom is -0.468 e. The third-order valence-corrected chi connectivity index (χ3v) is 5.01. The molecule has 0 fully saturated rings. The van der Waals surface area contributed by atoms with Gasteiger partial charge in [0.1, 0.15) is 11.4 Å². The van der Waals surface area contributed by atoms with Crippen LogP contribution >= 0.6 is 23.2 Å². The number of non-ortho nitro benzene ring substituents is 1. The molecule has 14 heteroatoms. The molecule has 0 radical (unpaired) electrons. The lowest BCUT2D eigenvalue weighted by Gasteiger charge is -2.16. The number of hydrogen-bond acceptors (Lipinski definition) is 9. The number of methoxy groups -OCH3 is 1. The summed E-state index contributed by atoms with van der Waals surface area (Å²) < 4.78 is 4.73. The summed E-state index contributed by atoms with van der Waals surface area (Å²) in [6, 6.07) is 7.83. The molecular formula is C19H14Cl2N6O6. The van der Waals surface area contributed by atoms with Gasteiger partial charge < -0.3 is 20.9 Å². The molecule has 1 amide bonds. The first-order valence-corrected chi connectivity index (χ1v) is 9.72. The molecule has 12 nitrogen and oxygen atoms in total. The largest absolute Gasteiger partial charge is 0.468 e. The van der Waals surface area contributed by atoms with Gasteiger partial charge in [0.2, 0.25) is 0 Å². The number of carbonyl (C=O) groups is 2. The highest BCUT2D eigenvalue weighted by Gasteiger charge is 2.36. The Balaban J connectivity index is 2.09. The van der Waals surface area contributed by atoms with E-state index in [1.807, 2.05) is 0 Å². The number of rotatable bonds is 6. The number of anilines is 1. The maximum Gasteiger partial charge on any atom is 0.321 e. The maximum atomic E-state index is 12.9. The van der Waals surface area contributed by atoms with Crippen LogP contribution in [0.4, 0.5) is 11.4 Å². The van der Waals surface area contributed by atoms with Gasteiger partial charge in [0.25, 0.3) is 17.2 Å². The van der Waals surface area contributed by atoms with Crippen molar-refractivity contribution < 1.29 is 19.2 Å². The van der Waals surface area contributed by atoms with Gasteiger partial charge in [-0.1, -0.05) is 23.2 Å². The maximum absolute atomic E-state index is 12.9. The van der Waals surface area contributed by atoms with Gasteiger partial charge >= 0.3 is 5.97 Å². The molecule has 3 aromatic rings. The van der Waals surface area contributed by atoms with Gasteiger partial charge in [-0.15, -0.1) is 0 Å². The van der Waals surface area contributed by atoms with E-state index in [4.69, 9.17) is 33.8 Å². The summed E-state index contributed by atoms with van der Waals surface area (Å²) in [4.78, 5) is 55.0. The van der Waals surface area contributed by atoms with Gasteiger partial charge in [0.05, 0.1) is 33.8 Å². The molecule has 0 bridgehead atoms. The first kappa shape index (κ1) is 23.6. The van der Waals surface area contributed by atoms with Crippen molar-refractivity contribution in [1.82, 2.24) is 9.97 Å². The average molecular weight is 493 g/mol. The zero-order chi connectivity index (χ0) is 24.3. The fourth-order valence-corrected chi connectivity index (χ4v) is 3.25. The van der Waals surface area contributed by atoms with Gasteiger partial charge in [0.15, 0.2) is 5.92 Å². The molecule has 2 aromatic carbocycles. The highest BCUT2D eigenvalue weighted by molar-refractivity contribution is 6.48. The van der Waals surface area contributed by atoms with Crippen molar-refractivity contribution in [3.8, 4) is 0 Å². The van der Waals surface area contributed by atoms with Crippen LogP contribution in [0, 0.1) is 10.1 Å². The number of hydrazone groups is 1. The highest BCUT2D eigenvalue weighted by atomic mass is 35.5. The Morgan fingerprint density at radius 3 is 2.64 bits per heavy atom. The van der Waals surface area contributed by atoms with Crippen LogP contribution < -0.4 is 16.7 Å². The van der Waals surface area contributed by atoms with Crippen LogP contribution in [-0.2, 0) is 14.3 Å². The Labute approximate surface area is 194 Å². The van der Waals surface area contributed by atoms with Crippen molar-refractivity contribution in [3.63, 3.8) is 0 Å². The van der Waals surface area contributed by atoms with Gasteiger partial charge in [-0.2, -0.15) is 5.10 Å². The van der Waals surface area contributed by atoms with Crippen LogP contribution in [0.5, 0.6) is 0 Å². The Hall–Kier alpha value is -4.03. The van der Waals surface area contributed by atoms with Crippen molar-refractivity contribution in [2.24, 2.45) is 10.9 Å². The summed E-state index contributed by atoms with van der Waals surface area (Å²) in [7, 11) is 1.04. The molecule has 0 unspecified atom stereocenters. The minimum absolute atomic E-state index is 0.0444. The molecule has 1 heterocycles. The summed E-state index contributed by atoms with van der Waals surface area (Å²) in [6.07, 6.45) is 0. The van der Waals surface area contributed by atoms with E-state index in [2.05, 4.69) is 20.4 Å². The molecule has 170 valence electrons. The van der Waals surface area contributed by atoms with E-state index < -0.39 is 39.7 Å². The number of aromatic nitrogens is 2. The molecule has 0 aliphatic rings. The van der Waals surface area contributed by atoms with Crippen LogP contribution in [0.2, 0.25) is 10.0 Å². The van der Waals surface area contributed by atoms with Crippen molar-refractivity contribution in [2.45, 2.75) is 5.92 Å². The van der Waals surface area contributed by atoms with Gasteiger partial charge in [-0.3, -0.25) is 24.5 Å². The van der Waals surface area contributed by atoms with E-state index in [1.54, 1.807) is 0 Å². The second-order valence-corrected chi connectivity index (χ2v) is 7.30. The Kier molecular flexibility index (Phi) is 6.89. The predicted octanol–water partition coefficient (Wildman–Crippen LogP) is 2.35. The van der Waals surface area contributed by atoms with Crippen LogP contribution in [0.3, 0.4) is 0 Å². The lowest BCUT2D eigenvalue weighted by molar-refractivity contribution is -0.384. The number of ether oxygens (including phenoxy) is 1. The molecule has 4 N–H and O–H groups in total. The van der Waals surface area contributed by atoms with Crippen molar-refractivity contribution >= 4 is 63.2 Å². The SMILES string of the molecule is COC(=O)[C@@H](/C(=N/N)C(=O)Nc1cc(Cl)ccc1Cl)c1nc2ccc([N+](=O)[O-])cc2[nH]c1=O. The number of carbonyl (C=O) groups excluding carboxylic acids is 2. The van der Waals surface area contributed by atoms with Crippen LogP contribution in [0.1, 0.15) is 11.6 Å². The summed E-state index contributed by atoms with van der Waals surface area (Å²) in [5.74, 6) is 1.65. The quantitative estimate of drug-likeness (QED) is 0.154. The number of H-pyrrole nitrogens is 1. The second-order valence-electron chi connectivity index (χ2n) is 6.46. The molecule has 33 heavy (non-hydrogen) atoms. The number of benzene rings is 2. The molecule has 0 aliphatic carbocycles. The Morgan fingerprint density at radius 2 is 2.00 bits per heavy atom. The Morgan fingerprint density at radius 1 is 1.27 bits per heavy atom. The summed E-state index contributed by atoms with van der Waals surface area (Å²) in [6.45, 7) is 0. The van der Waals surface area contributed by atoms with E-state index in [0.29, 0.717) is 0 Å². The standard InChI is InChI=1S/C19H14Cl2N6O6/c1-33-19(30)14(16(26-22)18(29)24-12-6-8(20)2-4-10(12)21)15-17(28)25-13-7-9(27(31)32)3-5-11(13)23-15/h2-7,14H,22H2,1H3,(H,24,29)(H,25,28)/b26-16-/t14-/m1/s1. The van der Waals surface area contributed by atoms with E-state index in [0.717, 1.165) is 19.2 Å². The molecule has 0 saturated carbocycles. The summed E-state index contributed by atoms with van der Waals surface area (Å²) in [5.41, 5.74) is -1.99. The van der Waals surface area contributed by atoms with Gasteiger partial charge in [-0.25, -0.2) is 4.98 Å². The van der Waals surface area contributed by atoms with E-state index in [9.17, 15) is 24.5 Å². The average Bonchev–Trinajstić information content (AvgIpc) is 2.78. The van der Waals surface area contributed by atoms with Crippen molar-refractivity contribution in [2.75, 3.05) is 12.4 Å². The number of nitro groups is 1. The Bertz CT molecular complexity index is 1370. The summed E-state index contributed by atoms with van der Waals surface area (Å²) >= 11 is 12.0. The first-order chi connectivity index (χ1) is 15.7. The third-order valence-electron chi connectivity index (χ3n) is 4.44. The highest BCUT2D eigenvalue weighted by Crippen LogP contribution is 2.26. The molecule has 0 spiro atoms. The number of halogens is 2. The molecule has 3 rings (SSSR count). The van der Waals surface area contributed by atoms with Crippen LogP contribution in [0.25, 0.3) is 11.0 Å². The predicted molar refractivity (Wildman–Crippen MR) is 120 cm³/mol. The minimum atomic E-state index is -1.72. The lowest BCUT2D eigenvalue weighted by atomic mass is 9.98. The normalized spacial score (nSPS) is 12.3. The monoisotopic (exact) mass is 492 g/mol. The van der Waals surface area contributed by atoms with Crippen molar-refractivity contribution in [1.29, 1.82) is 0 Å². The fourth-order valence-electron chi connectivity index (χ4n) is 2.91. The number of fused-ring (bicyclic) bond motifs is 1. The van der Waals surface area contributed by atoms with E-state index in [-0.39, 0.29) is 32.5 Å². The second kappa shape index (κ2) is 9.63. The van der Waals surface area contributed by atoms with E-state index in [1.165, 1.54) is 24.3 Å². The fraction of sp³-hybridized carbons (Fsp3) is 0.105. The number of hydrogen-bond donors (Lipinski definition) is 3.